The van der Waals surface area contributed by atoms with Gasteiger partial charge in [-0.25, -0.2) is 15.0 Å². The van der Waals surface area contributed by atoms with Crippen LogP contribution in [0.1, 0.15) is 30.2 Å². The molecule has 0 amide bonds. The average molecular weight is 417 g/mol. The molecule has 0 unspecified atom stereocenters. The standard InChI is InChI=1S/C19H24N6OS2/c1-19(2,3-5-25-6-8-26-9-7-25)15-11-14-17(21-13-22-18(14)28-15)24-23-12-16-20-4-10-27-16/h4,10-13H,3,5-9H2,1-2H3,(H,21,22,24). The van der Waals surface area contributed by atoms with Crippen LogP contribution in [0.4, 0.5) is 5.82 Å². The highest BCUT2D eigenvalue weighted by Crippen LogP contribution is 2.37. The summed E-state index contributed by atoms with van der Waals surface area (Å²) >= 11 is 3.28. The van der Waals surface area contributed by atoms with Crippen molar-refractivity contribution >= 4 is 44.9 Å². The number of nitrogens with one attached hydrogen (secondary N) is 1. The third-order valence-electron chi connectivity index (χ3n) is 4.95. The number of hydrogen-bond acceptors (Lipinski definition) is 9. The zero-order valence-electron chi connectivity index (χ0n) is 16.1. The Morgan fingerprint density at radius 2 is 2.14 bits per heavy atom. The molecule has 0 aliphatic carbocycles. The number of aromatic nitrogens is 3. The Kier molecular flexibility index (Phi) is 5.96. The van der Waals surface area contributed by atoms with Crippen LogP contribution in [0, 0.1) is 0 Å². The first-order valence-electron chi connectivity index (χ1n) is 9.35. The van der Waals surface area contributed by atoms with Gasteiger partial charge in [0.25, 0.3) is 0 Å². The van der Waals surface area contributed by atoms with E-state index >= 15 is 0 Å². The van der Waals surface area contributed by atoms with E-state index < -0.39 is 0 Å². The third kappa shape index (κ3) is 4.54. The first-order chi connectivity index (χ1) is 13.6. The van der Waals surface area contributed by atoms with E-state index in [0.717, 1.165) is 60.3 Å². The number of thiophene rings is 1. The summed E-state index contributed by atoms with van der Waals surface area (Å²) < 4.78 is 5.45. The molecule has 3 aromatic rings. The van der Waals surface area contributed by atoms with Gasteiger partial charge in [-0.3, -0.25) is 10.3 Å². The van der Waals surface area contributed by atoms with E-state index in [-0.39, 0.29) is 5.41 Å². The lowest BCUT2D eigenvalue weighted by Gasteiger charge is -2.31. The number of hydrogen-bond donors (Lipinski definition) is 1. The molecular weight excluding hydrogens is 392 g/mol. The monoisotopic (exact) mass is 416 g/mol. The lowest BCUT2D eigenvalue weighted by atomic mass is 9.87. The van der Waals surface area contributed by atoms with Crippen LogP contribution < -0.4 is 5.43 Å². The highest BCUT2D eigenvalue weighted by molar-refractivity contribution is 7.18. The topological polar surface area (TPSA) is 75.5 Å². The zero-order valence-corrected chi connectivity index (χ0v) is 17.7. The molecule has 1 fully saturated rings. The van der Waals surface area contributed by atoms with Crippen LogP contribution in [0.25, 0.3) is 10.2 Å². The van der Waals surface area contributed by atoms with Gasteiger partial charge in [0.15, 0.2) is 5.82 Å². The van der Waals surface area contributed by atoms with Gasteiger partial charge >= 0.3 is 0 Å². The number of ether oxygens (including phenoxy) is 1. The van der Waals surface area contributed by atoms with Crippen LogP contribution in [0.15, 0.2) is 29.1 Å². The van der Waals surface area contributed by atoms with Gasteiger partial charge in [-0.1, -0.05) is 13.8 Å². The SMILES string of the molecule is CC(C)(CCN1CCOCC1)c1cc2c(NN=Cc3nccs3)ncnc2s1. The molecule has 1 saturated heterocycles. The van der Waals surface area contributed by atoms with Gasteiger partial charge in [-0.05, 0) is 19.0 Å². The van der Waals surface area contributed by atoms with Gasteiger partial charge in [-0.2, -0.15) is 5.10 Å². The van der Waals surface area contributed by atoms with E-state index in [4.69, 9.17) is 4.74 Å². The molecule has 9 heteroatoms. The first-order valence-corrected chi connectivity index (χ1v) is 11.1. The summed E-state index contributed by atoms with van der Waals surface area (Å²) in [5.74, 6) is 0.726. The van der Waals surface area contributed by atoms with Crippen molar-refractivity contribution in [2.75, 3.05) is 38.3 Å². The molecule has 28 heavy (non-hydrogen) atoms. The van der Waals surface area contributed by atoms with Gasteiger partial charge in [0.05, 0.1) is 24.8 Å². The maximum Gasteiger partial charge on any atom is 0.158 e. The summed E-state index contributed by atoms with van der Waals surface area (Å²) in [5, 5.41) is 8.06. The largest absolute Gasteiger partial charge is 0.379 e. The summed E-state index contributed by atoms with van der Waals surface area (Å²) in [4.78, 5) is 17.8. The molecule has 0 atom stereocenters. The van der Waals surface area contributed by atoms with Crippen LogP contribution >= 0.6 is 22.7 Å². The van der Waals surface area contributed by atoms with Crippen LogP contribution in [-0.2, 0) is 10.2 Å². The fraction of sp³-hybridized carbons (Fsp3) is 0.474. The molecule has 0 radical (unpaired) electrons. The molecular formula is C19H24N6OS2. The van der Waals surface area contributed by atoms with Crippen molar-refractivity contribution in [2.45, 2.75) is 25.7 Å². The van der Waals surface area contributed by atoms with Crippen molar-refractivity contribution < 1.29 is 4.74 Å². The van der Waals surface area contributed by atoms with E-state index in [0.29, 0.717) is 0 Å². The molecule has 0 bridgehead atoms. The molecule has 148 valence electrons. The van der Waals surface area contributed by atoms with Crippen molar-refractivity contribution in [3.8, 4) is 0 Å². The van der Waals surface area contributed by atoms with Crippen LogP contribution in [-0.4, -0.2) is 58.9 Å². The molecule has 7 nitrogen and oxygen atoms in total. The molecule has 1 aliphatic rings. The molecule has 0 spiro atoms. The Hall–Kier alpha value is -1.94. The summed E-state index contributed by atoms with van der Waals surface area (Å²) in [7, 11) is 0. The number of rotatable bonds is 7. The second-order valence-corrected chi connectivity index (χ2v) is 9.34. The zero-order chi connectivity index (χ0) is 19.4. The minimum absolute atomic E-state index is 0.0745. The number of morpholine rings is 1. The van der Waals surface area contributed by atoms with Gasteiger partial charge in [-0.15, -0.1) is 22.7 Å². The number of thiazole rings is 1. The van der Waals surface area contributed by atoms with E-state index in [1.54, 1.807) is 41.4 Å². The molecule has 4 heterocycles. The van der Waals surface area contributed by atoms with Crippen LogP contribution in [0.2, 0.25) is 0 Å². The first kappa shape index (κ1) is 19.4. The minimum Gasteiger partial charge on any atom is -0.379 e. The second kappa shape index (κ2) is 8.60. The molecule has 1 aliphatic heterocycles. The Bertz CT molecular complexity index is 931. The van der Waals surface area contributed by atoms with Crippen LogP contribution in [0.5, 0.6) is 0 Å². The minimum atomic E-state index is 0.0745. The highest BCUT2D eigenvalue weighted by atomic mass is 32.1. The lowest BCUT2D eigenvalue weighted by molar-refractivity contribution is 0.0351. The Morgan fingerprint density at radius 3 is 2.93 bits per heavy atom. The van der Waals surface area contributed by atoms with Crippen molar-refractivity contribution in [3.63, 3.8) is 0 Å². The summed E-state index contributed by atoms with van der Waals surface area (Å²) in [6, 6.07) is 2.21. The number of nitrogens with zero attached hydrogens (tertiary/aromatic N) is 5. The Labute approximate surface area is 172 Å². The molecule has 3 aromatic heterocycles. The Balaban J connectivity index is 1.48. The molecule has 4 rings (SSSR count). The smallest absolute Gasteiger partial charge is 0.158 e. The average Bonchev–Trinajstić information content (AvgIpc) is 3.38. The fourth-order valence-electron chi connectivity index (χ4n) is 3.11. The van der Waals surface area contributed by atoms with E-state index in [9.17, 15) is 0 Å². The van der Waals surface area contributed by atoms with Gasteiger partial charge in [0, 0.05) is 35.0 Å². The van der Waals surface area contributed by atoms with Gasteiger partial charge in [0.2, 0.25) is 0 Å². The predicted molar refractivity (Wildman–Crippen MR) is 116 cm³/mol. The summed E-state index contributed by atoms with van der Waals surface area (Å²) in [5.41, 5.74) is 3.12. The number of fused-ring (bicyclic) bond motifs is 1. The third-order valence-corrected chi connectivity index (χ3v) is 7.07. The molecule has 0 saturated carbocycles. The predicted octanol–water partition coefficient (Wildman–Crippen LogP) is 3.59. The second-order valence-electron chi connectivity index (χ2n) is 7.38. The van der Waals surface area contributed by atoms with E-state index in [1.165, 1.54) is 4.88 Å². The highest BCUT2D eigenvalue weighted by Gasteiger charge is 2.25. The van der Waals surface area contributed by atoms with Crippen molar-refractivity contribution in [1.82, 2.24) is 19.9 Å². The normalized spacial score (nSPS) is 16.2. The number of anilines is 1. The van der Waals surface area contributed by atoms with Gasteiger partial charge in [0.1, 0.15) is 16.2 Å². The van der Waals surface area contributed by atoms with Crippen molar-refractivity contribution in [2.24, 2.45) is 5.10 Å². The Morgan fingerprint density at radius 1 is 1.29 bits per heavy atom. The summed E-state index contributed by atoms with van der Waals surface area (Å²) in [6.45, 7) is 9.43. The number of hydrazone groups is 1. The van der Waals surface area contributed by atoms with Crippen molar-refractivity contribution in [1.29, 1.82) is 0 Å². The fourth-order valence-corrected chi connectivity index (χ4v) is 4.74. The van der Waals surface area contributed by atoms with E-state index in [1.807, 2.05) is 5.38 Å². The van der Waals surface area contributed by atoms with Crippen LogP contribution in [0.3, 0.4) is 0 Å². The molecule has 1 N–H and O–H groups in total. The lowest BCUT2D eigenvalue weighted by Crippen LogP contribution is -2.38. The summed E-state index contributed by atoms with van der Waals surface area (Å²) in [6.07, 6.45) is 6.15. The van der Waals surface area contributed by atoms with Crippen molar-refractivity contribution in [3.05, 3.63) is 33.9 Å². The quantitative estimate of drug-likeness (QED) is 0.469. The maximum absolute atomic E-state index is 5.45. The van der Waals surface area contributed by atoms with Gasteiger partial charge < -0.3 is 4.74 Å². The molecule has 0 aromatic carbocycles. The maximum atomic E-state index is 5.45. The van der Waals surface area contributed by atoms with E-state index in [2.05, 4.69) is 50.3 Å².